The van der Waals surface area contributed by atoms with Crippen molar-refractivity contribution in [1.82, 2.24) is 5.32 Å². The van der Waals surface area contributed by atoms with Crippen LogP contribution < -0.4 is 5.32 Å². The van der Waals surface area contributed by atoms with Crippen LogP contribution in [0.5, 0.6) is 0 Å². The SMILES string of the molecule is CCOC(=O)[C@]1(COC)CCCCN1. The minimum Gasteiger partial charge on any atom is -0.465 e. The highest BCUT2D eigenvalue weighted by Gasteiger charge is 2.40. The highest BCUT2D eigenvalue weighted by atomic mass is 16.5. The lowest BCUT2D eigenvalue weighted by Gasteiger charge is -2.35. The number of ether oxygens (including phenoxy) is 2. The van der Waals surface area contributed by atoms with Crippen LogP contribution in [0.4, 0.5) is 0 Å². The van der Waals surface area contributed by atoms with Gasteiger partial charge in [0, 0.05) is 7.11 Å². The Hall–Kier alpha value is -0.610. The second-order valence-corrected chi connectivity index (χ2v) is 3.62. The molecular weight excluding hydrogens is 182 g/mol. The lowest BCUT2D eigenvalue weighted by atomic mass is 9.90. The van der Waals surface area contributed by atoms with Crippen molar-refractivity contribution in [3.63, 3.8) is 0 Å². The van der Waals surface area contributed by atoms with Gasteiger partial charge in [0.1, 0.15) is 5.54 Å². The van der Waals surface area contributed by atoms with Gasteiger partial charge in [-0.3, -0.25) is 5.32 Å². The standard InChI is InChI=1S/C10H19NO3/c1-3-14-9(12)10(8-13-2)6-4-5-7-11-10/h11H,3-8H2,1-2H3/t10-/m1/s1. The van der Waals surface area contributed by atoms with Crippen LogP contribution in [-0.2, 0) is 14.3 Å². The molecular formula is C10H19NO3. The topological polar surface area (TPSA) is 47.6 Å². The molecule has 1 rings (SSSR count). The van der Waals surface area contributed by atoms with Gasteiger partial charge in [0.15, 0.2) is 0 Å². The lowest BCUT2D eigenvalue weighted by Crippen LogP contribution is -2.58. The van der Waals surface area contributed by atoms with Gasteiger partial charge in [-0.05, 0) is 32.7 Å². The predicted octanol–water partition coefficient (Wildman–Crippen LogP) is 0.708. The maximum absolute atomic E-state index is 11.7. The average Bonchev–Trinajstić information content (AvgIpc) is 2.20. The minimum absolute atomic E-state index is 0.179. The molecule has 1 atom stereocenters. The first-order valence-electron chi connectivity index (χ1n) is 5.16. The number of hydrogen-bond acceptors (Lipinski definition) is 4. The molecule has 0 aromatic heterocycles. The van der Waals surface area contributed by atoms with Crippen LogP contribution in [0.2, 0.25) is 0 Å². The van der Waals surface area contributed by atoms with Gasteiger partial charge in [0.05, 0.1) is 13.2 Å². The van der Waals surface area contributed by atoms with Crippen molar-refractivity contribution in [3.8, 4) is 0 Å². The van der Waals surface area contributed by atoms with Crippen molar-refractivity contribution in [3.05, 3.63) is 0 Å². The molecule has 0 amide bonds. The zero-order chi connectivity index (χ0) is 10.4. The highest BCUT2D eigenvalue weighted by Crippen LogP contribution is 2.21. The Bertz CT molecular complexity index is 182. The number of methoxy groups -OCH3 is 1. The van der Waals surface area contributed by atoms with Crippen LogP contribution in [0, 0.1) is 0 Å². The number of hydrogen-bond donors (Lipinski definition) is 1. The fourth-order valence-corrected chi connectivity index (χ4v) is 1.84. The van der Waals surface area contributed by atoms with E-state index in [1.54, 1.807) is 7.11 Å². The van der Waals surface area contributed by atoms with E-state index in [2.05, 4.69) is 5.32 Å². The molecule has 14 heavy (non-hydrogen) atoms. The zero-order valence-electron chi connectivity index (χ0n) is 8.97. The van der Waals surface area contributed by atoms with Crippen molar-refractivity contribution >= 4 is 5.97 Å². The van der Waals surface area contributed by atoms with E-state index in [4.69, 9.17) is 9.47 Å². The monoisotopic (exact) mass is 201 g/mol. The summed E-state index contributed by atoms with van der Waals surface area (Å²) in [6.45, 7) is 3.50. The highest BCUT2D eigenvalue weighted by molar-refractivity contribution is 5.81. The van der Waals surface area contributed by atoms with Crippen LogP contribution in [0.3, 0.4) is 0 Å². The summed E-state index contributed by atoms with van der Waals surface area (Å²) in [5.74, 6) is -0.179. The molecule has 4 nitrogen and oxygen atoms in total. The smallest absolute Gasteiger partial charge is 0.328 e. The van der Waals surface area contributed by atoms with Crippen LogP contribution in [0.15, 0.2) is 0 Å². The van der Waals surface area contributed by atoms with E-state index < -0.39 is 5.54 Å². The number of nitrogens with one attached hydrogen (secondary N) is 1. The van der Waals surface area contributed by atoms with Crippen LogP contribution in [-0.4, -0.2) is 38.4 Å². The molecule has 0 aromatic carbocycles. The van der Waals surface area contributed by atoms with E-state index in [0.717, 1.165) is 25.8 Å². The Labute approximate surface area is 85.0 Å². The van der Waals surface area contributed by atoms with E-state index in [-0.39, 0.29) is 5.97 Å². The summed E-state index contributed by atoms with van der Waals surface area (Å²) in [6.07, 6.45) is 2.97. The molecule has 1 fully saturated rings. The first-order chi connectivity index (χ1) is 6.75. The van der Waals surface area contributed by atoms with Gasteiger partial charge < -0.3 is 9.47 Å². The zero-order valence-corrected chi connectivity index (χ0v) is 8.97. The molecule has 4 heteroatoms. The molecule has 1 saturated heterocycles. The van der Waals surface area contributed by atoms with E-state index in [9.17, 15) is 4.79 Å². The summed E-state index contributed by atoms with van der Waals surface area (Å²) >= 11 is 0. The van der Waals surface area contributed by atoms with Gasteiger partial charge in [-0.1, -0.05) is 0 Å². The molecule has 0 spiro atoms. The van der Waals surface area contributed by atoms with Gasteiger partial charge in [-0.25, -0.2) is 4.79 Å². The quantitative estimate of drug-likeness (QED) is 0.680. The van der Waals surface area contributed by atoms with E-state index in [1.165, 1.54) is 0 Å². The molecule has 0 saturated carbocycles. The second-order valence-electron chi connectivity index (χ2n) is 3.62. The van der Waals surface area contributed by atoms with Gasteiger partial charge in [0.25, 0.3) is 0 Å². The summed E-state index contributed by atoms with van der Waals surface area (Å²) in [7, 11) is 1.61. The Morgan fingerprint density at radius 3 is 2.79 bits per heavy atom. The first kappa shape index (κ1) is 11.5. The maximum Gasteiger partial charge on any atom is 0.328 e. The Morgan fingerprint density at radius 1 is 1.50 bits per heavy atom. The van der Waals surface area contributed by atoms with Crippen molar-refractivity contribution < 1.29 is 14.3 Å². The van der Waals surface area contributed by atoms with Crippen LogP contribution in [0.25, 0.3) is 0 Å². The summed E-state index contributed by atoms with van der Waals surface area (Å²) in [4.78, 5) is 11.7. The van der Waals surface area contributed by atoms with E-state index in [1.807, 2.05) is 6.92 Å². The summed E-state index contributed by atoms with van der Waals surface area (Å²) in [5.41, 5.74) is -0.594. The van der Waals surface area contributed by atoms with Crippen molar-refractivity contribution in [2.45, 2.75) is 31.7 Å². The number of carbonyl (C=O) groups excluding carboxylic acids is 1. The molecule has 0 aromatic rings. The second kappa shape index (κ2) is 5.32. The lowest BCUT2D eigenvalue weighted by molar-refractivity contribution is -0.155. The van der Waals surface area contributed by atoms with Gasteiger partial charge in [-0.2, -0.15) is 0 Å². The Morgan fingerprint density at radius 2 is 2.29 bits per heavy atom. The Kier molecular flexibility index (Phi) is 4.35. The van der Waals surface area contributed by atoms with E-state index in [0.29, 0.717) is 13.2 Å². The first-order valence-corrected chi connectivity index (χ1v) is 5.16. The molecule has 1 aliphatic heterocycles. The van der Waals surface area contributed by atoms with Crippen LogP contribution in [0.1, 0.15) is 26.2 Å². The summed E-state index contributed by atoms with van der Waals surface area (Å²) in [6, 6.07) is 0. The number of piperidine rings is 1. The molecule has 0 radical (unpaired) electrons. The summed E-state index contributed by atoms with van der Waals surface area (Å²) < 4.78 is 10.1. The third kappa shape index (κ3) is 2.45. The van der Waals surface area contributed by atoms with E-state index >= 15 is 0 Å². The normalized spacial score (nSPS) is 27.3. The number of rotatable bonds is 4. The fourth-order valence-electron chi connectivity index (χ4n) is 1.84. The Balaban J connectivity index is 2.63. The van der Waals surface area contributed by atoms with Gasteiger partial charge >= 0.3 is 5.97 Å². The molecule has 1 heterocycles. The van der Waals surface area contributed by atoms with Crippen molar-refractivity contribution in [2.75, 3.05) is 26.9 Å². The average molecular weight is 201 g/mol. The number of esters is 1. The minimum atomic E-state index is -0.594. The molecule has 0 aliphatic carbocycles. The van der Waals surface area contributed by atoms with Gasteiger partial charge in [-0.15, -0.1) is 0 Å². The maximum atomic E-state index is 11.7. The molecule has 0 unspecified atom stereocenters. The largest absolute Gasteiger partial charge is 0.465 e. The third-order valence-electron chi connectivity index (χ3n) is 2.55. The van der Waals surface area contributed by atoms with Gasteiger partial charge in [0.2, 0.25) is 0 Å². The van der Waals surface area contributed by atoms with Crippen LogP contribution >= 0.6 is 0 Å². The van der Waals surface area contributed by atoms with Crippen molar-refractivity contribution in [2.24, 2.45) is 0 Å². The molecule has 82 valence electrons. The molecule has 1 N–H and O–H groups in total. The number of carbonyl (C=O) groups is 1. The molecule has 0 bridgehead atoms. The summed E-state index contributed by atoms with van der Waals surface area (Å²) in [5, 5.41) is 3.22. The third-order valence-corrected chi connectivity index (χ3v) is 2.55. The predicted molar refractivity (Wildman–Crippen MR) is 53.1 cm³/mol. The van der Waals surface area contributed by atoms with Crippen molar-refractivity contribution in [1.29, 1.82) is 0 Å². The molecule has 1 aliphatic rings. The fraction of sp³-hybridized carbons (Fsp3) is 0.900.